The SMILES string of the molecule is C=CCNC(=O)C1c2ccccc2Oc2ccccc21. The first kappa shape index (κ1) is 12.5. The quantitative estimate of drug-likeness (QED) is 0.865. The number of para-hydroxylation sites is 2. The summed E-state index contributed by atoms with van der Waals surface area (Å²) in [7, 11) is 0. The average molecular weight is 265 g/mol. The van der Waals surface area contributed by atoms with Gasteiger partial charge in [-0.05, 0) is 12.1 Å². The fourth-order valence-electron chi connectivity index (χ4n) is 2.47. The van der Waals surface area contributed by atoms with Crippen LogP contribution in [0.1, 0.15) is 17.0 Å². The number of ether oxygens (including phenoxy) is 1. The van der Waals surface area contributed by atoms with Crippen LogP contribution in [-0.4, -0.2) is 12.5 Å². The van der Waals surface area contributed by atoms with Crippen LogP contribution < -0.4 is 10.1 Å². The molecule has 0 fully saturated rings. The molecule has 0 bridgehead atoms. The molecule has 1 N–H and O–H groups in total. The summed E-state index contributed by atoms with van der Waals surface area (Å²) in [5.41, 5.74) is 1.79. The Morgan fingerprint density at radius 1 is 1.10 bits per heavy atom. The molecular formula is C17H15NO2. The first-order valence-electron chi connectivity index (χ1n) is 6.55. The van der Waals surface area contributed by atoms with Crippen LogP contribution in [0, 0.1) is 0 Å². The Balaban J connectivity index is 2.07. The lowest BCUT2D eigenvalue weighted by molar-refractivity contribution is -0.121. The predicted molar refractivity (Wildman–Crippen MR) is 78.0 cm³/mol. The molecule has 3 nitrogen and oxygen atoms in total. The number of nitrogens with one attached hydrogen (secondary N) is 1. The van der Waals surface area contributed by atoms with E-state index in [4.69, 9.17) is 4.74 Å². The number of hydrogen-bond acceptors (Lipinski definition) is 2. The fourth-order valence-corrected chi connectivity index (χ4v) is 2.47. The molecule has 2 aromatic rings. The molecule has 0 radical (unpaired) electrons. The predicted octanol–water partition coefficient (Wildman–Crippen LogP) is 3.23. The summed E-state index contributed by atoms with van der Waals surface area (Å²) < 4.78 is 5.86. The third-order valence-electron chi connectivity index (χ3n) is 3.36. The van der Waals surface area contributed by atoms with E-state index in [0.29, 0.717) is 6.54 Å². The fraction of sp³-hybridized carbons (Fsp3) is 0.118. The number of amides is 1. The molecule has 1 amide bonds. The van der Waals surface area contributed by atoms with Gasteiger partial charge < -0.3 is 10.1 Å². The minimum atomic E-state index is -0.337. The number of fused-ring (bicyclic) bond motifs is 2. The lowest BCUT2D eigenvalue weighted by Crippen LogP contribution is -2.31. The molecule has 20 heavy (non-hydrogen) atoms. The van der Waals surface area contributed by atoms with E-state index in [1.54, 1.807) is 6.08 Å². The highest BCUT2D eigenvalue weighted by molar-refractivity contribution is 5.89. The van der Waals surface area contributed by atoms with E-state index in [1.165, 1.54) is 0 Å². The van der Waals surface area contributed by atoms with Gasteiger partial charge in [0.25, 0.3) is 0 Å². The van der Waals surface area contributed by atoms with Crippen LogP contribution in [0.5, 0.6) is 11.5 Å². The molecule has 3 heteroatoms. The molecule has 1 aliphatic heterocycles. The molecule has 0 saturated carbocycles. The molecule has 1 aliphatic rings. The Labute approximate surface area is 117 Å². The largest absolute Gasteiger partial charge is 0.457 e. The molecule has 0 unspecified atom stereocenters. The number of carbonyl (C=O) groups is 1. The van der Waals surface area contributed by atoms with Crippen LogP contribution in [0.3, 0.4) is 0 Å². The van der Waals surface area contributed by atoms with Crippen molar-refractivity contribution < 1.29 is 9.53 Å². The molecule has 0 atom stereocenters. The van der Waals surface area contributed by atoms with Crippen LogP contribution in [0.25, 0.3) is 0 Å². The van der Waals surface area contributed by atoms with Crippen molar-refractivity contribution in [2.75, 3.05) is 6.54 Å². The van der Waals surface area contributed by atoms with Crippen molar-refractivity contribution in [1.82, 2.24) is 5.32 Å². The summed E-state index contributed by atoms with van der Waals surface area (Å²) >= 11 is 0. The lowest BCUT2D eigenvalue weighted by Gasteiger charge is -2.27. The van der Waals surface area contributed by atoms with Gasteiger partial charge in [-0.2, -0.15) is 0 Å². The molecular weight excluding hydrogens is 250 g/mol. The van der Waals surface area contributed by atoms with E-state index >= 15 is 0 Å². The van der Waals surface area contributed by atoms with Crippen molar-refractivity contribution in [1.29, 1.82) is 0 Å². The molecule has 2 aromatic carbocycles. The molecule has 0 saturated heterocycles. The molecule has 0 aromatic heterocycles. The molecule has 100 valence electrons. The van der Waals surface area contributed by atoms with Gasteiger partial charge in [-0.3, -0.25) is 4.79 Å². The minimum absolute atomic E-state index is 0.0342. The van der Waals surface area contributed by atoms with Gasteiger partial charge in [-0.25, -0.2) is 0 Å². The maximum atomic E-state index is 12.5. The van der Waals surface area contributed by atoms with Crippen LogP contribution in [-0.2, 0) is 4.79 Å². The zero-order chi connectivity index (χ0) is 13.9. The van der Waals surface area contributed by atoms with Crippen molar-refractivity contribution in [3.63, 3.8) is 0 Å². The van der Waals surface area contributed by atoms with E-state index in [-0.39, 0.29) is 11.8 Å². The summed E-state index contributed by atoms with van der Waals surface area (Å²) in [4.78, 5) is 12.5. The van der Waals surface area contributed by atoms with Gasteiger partial charge in [0.05, 0.1) is 5.92 Å². The Bertz CT molecular complexity index is 618. The van der Waals surface area contributed by atoms with Crippen molar-refractivity contribution in [3.05, 3.63) is 72.3 Å². The van der Waals surface area contributed by atoms with E-state index < -0.39 is 0 Å². The highest BCUT2D eigenvalue weighted by Gasteiger charge is 2.31. The smallest absolute Gasteiger partial charge is 0.232 e. The summed E-state index contributed by atoms with van der Waals surface area (Å²) in [5.74, 6) is 1.11. The van der Waals surface area contributed by atoms with Crippen molar-refractivity contribution in [2.45, 2.75) is 5.92 Å². The third kappa shape index (κ3) is 2.07. The zero-order valence-corrected chi connectivity index (χ0v) is 11.0. The number of carbonyl (C=O) groups excluding carboxylic acids is 1. The first-order valence-corrected chi connectivity index (χ1v) is 6.55. The lowest BCUT2D eigenvalue weighted by atomic mass is 9.87. The first-order chi connectivity index (χ1) is 9.81. The van der Waals surface area contributed by atoms with Gasteiger partial charge in [-0.15, -0.1) is 6.58 Å². The Kier molecular flexibility index (Phi) is 3.25. The van der Waals surface area contributed by atoms with Gasteiger partial charge >= 0.3 is 0 Å². The van der Waals surface area contributed by atoms with Crippen LogP contribution in [0.4, 0.5) is 0 Å². The van der Waals surface area contributed by atoms with E-state index in [2.05, 4.69) is 11.9 Å². The van der Waals surface area contributed by atoms with Gasteiger partial charge in [0.1, 0.15) is 11.5 Å². The summed E-state index contributed by atoms with van der Waals surface area (Å²) in [5, 5.41) is 2.87. The average Bonchev–Trinajstić information content (AvgIpc) is 2.50. The standard InChI is InChI=1S/C17H15NO2/c1-2-11-18-17(19)16-12-7-3-5-9-14(12)20-15-10-6-4-8-13(15)16/h2-10,16H,1,11H2,(H,18,19). The summed E-state index contributed by atoms with van der Waals surface area (Å²) in [6, 6.07) is 15.3. The Morgan fingerprint density at radius 3 is 2.20 bits per heavy atom. The van der Waals surface area contributed by atoms with E-state index in [9.17, 15) is 4.79 Å². The van der Waals surface area contributed by atoms with Crippen molar-refractivity contribution in [2.24, 2.45) is 0 Å². The van der Waals surface area contributed by atoms with Crippen molar-refractivity contribution >= 4 is 5.91 Å². The highest BCUT2D eigenvalue weighted by Crippen LogP contribution is 2.43. The van der Waals surface area contributed by atoms with Crippen LogP contribution in [0.15, 0.2) is 61.2 Å². The highest BCUT2D eigenvalue weighted by atomic mass is 16.5. The van der Waals surface area contributed by atoms with Gasteiger partial charge in [0, 0.05) is 17.7 Å². The molecule has 3 rings (SSSR count). The van der Waals surface area contributed by atoms with Gasteiger partial charge in [0.15, 0.2) is 0 Å². The topological polar surface area (TPSA) is 38.3 Å². The molecule has 1 heterocycles. The Hall–Kier alpha value is -2.55. The van der Waals surface area contributed by atoms with Crippen LogP contribution >= 0.6 is 0 Å². The second-order valence-corrected chi connectivity index (χ2v) is 4.64. The maximum Gasteiger partial charge on any atom is 0.232 e. The monoisotopic (exact) mass is 265 g/mol. The summed E-state index contributed by atoms with van der Waals surface area (Å²) in [6.07, 6.45) is 1.68. The van der Waals surface area contributed by atoms with E-state index in [0.717, 1.165) is 22.6 Å². The van der Waals surface area contributed by atoms with Crippen molar-refractivity contribution in [3.8, 4) is 11.5 Å². The number of hydrogen-bond donors (Lipinski definition) is 1. The zero-order valence-electron chi connectivity index (χ0n) is 11.0. The molecule has 0 spiro atoms. The van der Waals surface area contributed by atoms with Gasteiger partial charge in [-0.1, -0.05) is 42.5 Å². The summed E-state index contributed by atoms with van der Waals surface area (Å²) in [6.45, 7) is 4.09. The van der Waals surface area contributed by atoms with Crippen LogP contribution in [0.2, 0.25) is 0 Å². The second-order valence-electron chi connectivity index (χ2n) is 4.64. The molecule has 0 aliphatic carbocycles. The number of rotatable bonds is 3. The minimum Gasteiger partial charge on any atom is -0.457 e. The van der Waals surface area contributed by atoms with E-state index in [1.807, 2.05) is 48.5 Å². The third-order valence-corrected chi connectivity index (χ3v) is 3.36. The second kappa shape index (κ2) is 5.21. The maximum absolute atomic E-state index is 12.5. The Morgan fingerprint density at radius 2 is 1.65 bits per heavy atom. The normalized spacial score (nSPS) is 12.8. The van der Waals surface area contributed by atoms with Gasteiger partial charge in [0.2, 0.25) is 5.91 Å². The number of benzene rings is 2.